The van der Waals surface area contributed by atoms with Crippen LogP contribution in [0.3, 0.4) is 0 Å². The van der Waals surface area contributed by atoms with Gasteiger partial charge in [0.2, 0.25) is 0 Å². The Hall–Kier alpha value is -2.25. The van der Waals surface area contributed by atoms with Crippen LogP contribution in [0, 0.1) is 11.8 Å². The Bertz CT molecular complexity index is 715. The fourth-order valence-electron chi connectivity index (χ4n) is 2.66. The van der Waals surface area contributed by atoms with Gasteiger partial charge in [-0.1, -0.05) is 42.2 Å². The highest BCUT2D eigenvalue weighted by molar-refractivity contribution is 5.42. The molecule has 0 saturated carbocycles. The summed E-state index contributed by atoms with van der Waals surface area (Å²) in [6.07, 6.45) is -2.63. The van der Waals surface area contributed by atoms with E-state index in [9.17, 15) is 13.2 Å². The normalized spacial score (nSPS) is 20.8. The van der Waals surface area contributed by atoms with Crippen LogP contribution in [0.25, 0.3) is 0 Å². The molecule has 2 aromatic rings. The number of rotatable bonds is 1. The molecular formula is C19H15F3O. The van der Waals surface area contributed by atoms with Crippen molar-refractivity contribution in [1.29, 1.82) is 0 Å². The topological polar surface area (TPSA) is 9.23 Å². The highest BCUT2D eigenvalue weighted by Crippen LogP contribution is 2.35. The predicted octanol–water partition coefficient (Wildman–Crippen LogP) is 4.76. The maximum absolute atomic E-state index is 12.6. The number of hydrogen-bond acceptors (Lipinski definition) is 1. The summed E-state index contributed by atoms with van der Waals surface area (Å²) >= 11 is 0. The lowest BCUT2D eigenvalue weighted by atomic mass is 9.91. The molecule has 1 aliphatic rings. The number of ether oxygens (including phenoxy) is 1. The van der Waals surface area contributed by atoms with Gasteiger partial charge in [-0.15, -0.1) is 0 Å². The summed E-state index contributed by atoms with van der Waals surface area (Å²) in [5.74, 6) is 6.09. The molecule has 4 heteroatoms. The molecule has 1 nitrogen and oxygen atoms in total. The summed E-state index contributed by atoms with van der Waals surface area (Å²) in [6.45, 7) is 0.636. The van der Waals surface area contributed by atoms with Crippen LogP contribution in [0.5, 0.6) is 0 Å². The third kappa shape index (κ3) is 3.40. The molecule has 1 fully saturated rings. The number of benzene rings is 2. The molecule has 2 aromatic carbocycles. The summed E-state index contributed by atoms with van der Waals surface area (Å²) in [5.41, 5.74) is 0.197. The van der Waals surface area contributed by atoms with Gasteiger partial charge in [-0.3, -0.25) is 0 Å². The second-order valence-corrected chi connectivity index (χ2v) is 5.47. The zero-order valence-corrected chi connectivity index (χ0v) is 12.4. The second kappa shape index (κ2) is 6.10. The van der Waals surface area contributed by atoms with Crippen molar-refractivity contribution in [1.82, 2.24) is 0 Å². The number of hydrogen-bond donors (Lipinski definition) is 0. The smallest absolute Gasteiger partial charge is 0.358 e. The van der Waals surface area contributed by atoms with Gasteiger partial charge in [-0.05, 0) is 42.7 Å². The van der Waals surface area contributed by atoms with Gasteiger partial charge in [0, 0.05) is 12.2 Å². The standard InChI is InChI=1S/C19H15F3O/c20-19(21,22)17-9-7-15(8-10-17)11-13-18(12-4-14-23-18)16-5-2-1-3-6-16/h1-3,5-10H,4,12,14H2. The minimum atomic E-state index is -4.33. The SMILES string of the molecule is FC(F)(F)c1ccc(C#CC2(c3ccccc3)CCCO2)cc1. The van der Waals surface area contributed by atoms with Crippen LogP contribution in [-0.2, 0) is 16.5 Å². The molecule has 0 radical (unpaired) electrons. The minimum absolute atomic E-state index is 0.545. The van der Waals surface area contributed by atoms with E-state index in [0.29, 0.717) is 12.2 Å². The molecule has 1 saturated heterocycles. The summed E-state index contributed by atoms with van der Waals surface area (Å²) in [4.78, 5) is 0. The van der Waals surface area contributed by atoms with E-state index in [2.05, 4.69) is 11.8 Å². The van der Waals surface area contributed by atoms with Gasteiger partial charge in [0.05, 0.1) is 5.56 Å². The number of halogens is 3. The summed E-state index contributed by atoms with van der Waals surface area (Å²) < 4.78 is 43.6. The van der Waals surface area contributed by atoms with Gasteiger partial charge in [0.1, 0.15) is 0 Å². The monoisotopic (exact) mass is 316 g/mol. The van der Waals surface area contributed by atoms with E-state index in [1.807, 2.05) is 30.3 Å². The first-order valence-corrected chi connectivity index (χ1v) is 7.40. The Morgan fingerprint density at radius 2 is 1.65 bits per heavy atom. The van der Waals surface area contributed by atoms with E-state index in [1.165, 1.54) is 12.1 Å². The summed E-state index contributed by atoms with van der Waals surface area (Å²) in [5, 5.41) is 0. The van der Waals surface area contributed by atoms with Gasteiger partial charge in [0.25, 0.3) is 0 Å². The molecule has 3 rings (SSSR count). The average molecular weight is 316 g/mol. The predicted molar refractivity (Wildman–Crippen MR) is 81.6 cm³/mol. The Morgan fingerprint density at radius 3 is 2.22 bits per heavy atom. The minimum Gasteiger partial charge on any atom is -0.358 e. The van der Waals surface area contributed by atoms with Gasteiger partial charge in [-0.2, -0.15) is 13.2 Å². The third-order valence-corrected chi connectivity index (χ3v) is 3.88. The molecule has 23 heavy (non-hydrogen) atoms. The molecule has 1 atom stereocenters. The quantitative estimate of drug-likeness (QED) is 0.689. The van der Waals surface area contributed by atoms with Crippen LogP contribution in [0.15, 0.2) is 54.6 Å². The van der Waals surface area contributed by atoms with Crippen molar-refractivity contribution < 1.29 is 17.9 Å². The van der Waals surface area contributed by atoms with E-state index in [0.717, 1.165) is 30.5 Å². The van der Waals surface area contributed by atoms with Crippen molar-refractivity contribution in [2.45, 2.75) is 24.6 Å². The van der Waals surface area contributed by atoms with E-state index in [1.54, 1.807) is 0 Å². The van der Waals surface area contributed by atoms with Gasteiger partial charge in [-0.25, -0.2) is 0 Å². The molecule has 0 amide bonds. The van der Waals surface area contributed by atoms with Crippen molar-refractivity contribution in [3.05, 3.63) is 71.3 Å². The summed E-state index contributed by atoms with van der Waals surface area (Å²) in [6, 6.07) is 14.6. The lowest BCUT2D eigenvalue weighted by molar-refractivity contribution is -0.137. The van der Waals surface area contributed by atoms with Crippen LogP contribution >= 0.6 is 0 Å². The van der Waals surface area contributed by atoms with Crippen molar-refractivity contribution >= 4 is 0 Å². The first-order valence-electron chi connectivity index (χ1n) is 7.40. The van der Waals surface area contributed by atoms with E-state index in [-0.39, 0.29) is 0 Å². The zero-order chi connectivity index (χ0) is 16.3. The van der Waals surface area contributed by atoms with E-state index in [4.69, 9.17) is 4.74 Å². The maximum Gasteiger partial charge on any atom is 0.416 e. The van der Waals surface area contributed by atoms with Gasteiger partial charge < -0.3 is 4.74 Å². The summed E-state index contributed by atoms with van der Waals surface area (Å²) in [7, 11) is 0. The third-order valence-electron chi connectivity index (χ3n) is 3.88. The Kier molecular flexibility index (Phi) is 4.14. The molecule has 0 aromatic heterocycles. The van der Waals surface area contributed by atoms with Crippen molar-refractivity contribution in [3.8, 4) is 11.8 Å². The van der Waals surface area contributed by atoms with Crippen molar-refractivity contribution in [3.63, 3.8) is 0 Å². The molecular weight excluding hydrogens is 301 g/mol. The Morgan fingerprint density at radius 1 is 0.957 bits per heavy atom. The van der Waals surface area contributed by atoms with Crippen LogP contribution in [-0.4, -0.2) is 6.61 Å². The highest BCUT2D eigenvalue weighted by atomic mass is 19.4. The number of alkyl halides is 3. The molecule has 1 aliphatic heterocycles. The zero-order valence-electron chi connectivity index (χ0n) is 12.4. The fourth-order valence-corrected chi connectivity index (χ4v) is 2.66. The molecule has 0 aliphatic carbocycles. The molecule has 0 bridgehead atoms. The van der Waals surface area contributed by atoms with E-state index >= 15 is 0 Å². The molecule has 0 N–H and O–H groups in total. The lowest BCUT2D eigenvalue weighted by Crippen LogP contribution is -2.22. The second-order valence-electron chi connectivity index (χ2n) is 5.47. The maximum atomic E-state index is 12.6. The average Bonchev–Trinajstić information content (AvgIpc) is 3.04. The molecule has 0 spiro atoms. The van der Waals surface area contributed by atoms with Crippen molar-refractivity contribution in [2.24, 2.45) is 0 Å². The van der Waals surface area contributed by atoms with Gasteiger partial charge in [0.15, 0.2) is 5.60 Å². The van der Waals surface area contributed by atoms with Crippen LogP contribution in [0.1, 0.15) is 29.5 Å². The van der Waals surface area contributed by atoms with Crippen LogP contribution in [0.4, 0.5) is 13.2 Å². The fraction of sp³-hybridized carbons (Fsp3) is 0.263. The first-order chi connectivity index (χ1) is 11.0. The van der Waals surface area contributed by atoms with Crippen LogP contribution < -0.4 is 0 Å². The molecule has 118 valence electrons. The van der Waals surface area contributed by atoms with Crippen LogP contribution in [0.2, 0.25) is 0 Å². The highest BCUT2D eigenvalue weighted by Gasteiger charge is 2.35. The Labute approximate surface area is 133 Å². The van der Waals surface area contributed by atoms with Gasteiger partial charge >= 0.3 is 6.18 Å². The molecule has 1 heterocycles. The Balaban J connectivity index is 1.89. The molecule has 1 unspecified atom stereocenters. The largest absolute Gasteiger partial charge is 0.416 e. The first kappa shape index (κ1) is 15.6. The van der Waals surface area contributed by atoms with Crippen molar-refractivity contribution in [2.75, 3.05) is 6.61 Å². The van der Waals surface area contributed by atoms with E-state index < -0.39 is 17.3 Å². The lowest BCUT2D eigenvalue weighted by Gasteiger charge is -2.22.